The van der Waals surface area contributed by atoms with Gasteiger partial charge in [-0.05, 0) is 37.1 Å². The standard InChI is InChI=1S/C16H15NO7S/c1-9-3-6-15(25(20,21)22)10(2)16(9)14-8-23-12-5-4-11(17(18)19)7-13(12)24-14/h3-7,14H,8H2,1-2H3,(H,20,21,22)/t14-/m0/s1. The van der Waals surface area contributed by atoms with Crippen LogP contribution in [0.15, 0.2) is 35.2 Å². The molecule has 8 nitrogen and oxygen atoms in total. The highest BCUT2D eigenvalue weighted by Crippen LogP contribution is 2.40. The molecular weight excluding hydrogens is 350 g/mol. The van der Waals surface area contributed by atoms with Crippen LogP contribution >= 0.6 is 0 Å². The van der Waals surface area contributed by atoms with Crippen LogP contribution in [-0.4, -0.2) is 24.5 Å². The molecule has 1 atom stereocenters. The SMILES string of the molecule is Cc1ccc(S(=O)(=O)O)c(C)c1[C@@H]1COc2ccc([N+](=O)[O-])cc2O1. The summed E-state index contributed by atoms with van der Waals surface area (Å²) in [4.78, 5) is 10.2. The third-order valence-electron chi connectivity index (χ3n) is 4.08. The molecule has 0 aliphatic carbocycles. The summed E-state index contributed by atoms with van der Waals surface area (Å²) in [5.41, 5.74) is 1.53. The molecule has 0 amide bonds. The summed E-state index contributed by atoms with van der Waals surface area (Å²) < 4.78 is 43.9. The van der Waals surface area contributed by atoms with Gasteiger partial charge in [0.1, 0.15) is 6.61 Å². The molecule has 0 bridgehead atoms. The summed E-state index contributed by atoms with van der Waals surface area (Å²) in [5, 5.41) is 10.9. The quantitative estimate of drug-likeness (QED) is 0.505. The van der Waals surface area contributed by atoms with Crippen LogP contribution in [-0.2, 0) is 10.1 Å². The molecule has 0 unspecified atom stereocenters. The van der Waals surface area contributed by atoms with Gasteiger partial charge in [-0.3, -0.25) is 14.7 Å². The summed E-state index contributed by atoms with van der Waals surface area (Å²) in [5.74, 6) is 0.588. The molecule has 0 saturated heterocycles. The second-order valence-corrected chi connectivity index (χ2v) is 7.09. The predicted molar refractivity (Wildman–Crippen MR) is 87.7 cm³/mol. The highest BCUT2D eigenvalue weighted by Gasteiger charge is 2.29. The molecule has 0 spiro atoms. The van der Waals surface area contributed by atoms with Gasteiger partial charge in [0, 0.05) is 11.6 Å². The van der Waals surface area contributed by atoms with Crippen molar-refractivity contribution in [3.63, 3.8) is 0 Å². The van der Waals surface area contributed by atoms with Crippen LogP contribution in [0.1, 0.15) is 22.8 Å². The van der Waals surface area contributed by atoms with Crippen molar-refractivity contribution in [2.45, 2.75) is 24.8 Å². The number of benzene rings is 2. The largest absolute Gasteiger partial charge is 0.485 e. The zero-order valence-corrected chi connectivity index (χ0v) is 14.2. The molecule has 3 rings (SSSR count). The Kier molecular flexibility index (Phi) is 4.13. The molecule has 132 valence electrons. The molecule has 1 aliphatic rings. The van der Waals surface area contributed by atoms with E-state index in [0.29, 0.717) is 16.9 Å². The van der Waals surface area contributed by atoms with Gasteiger partial charge in [0.25, 0.3) is 15.8 Å². The van der Waals surface area contributed by atoms with Gasteiger partial charge in [0.05, 0.1) is 15.9 Å². The second kappa shape index (κ2) is 6.01. The van der Waals surface area contributed by atoms with Gasteiger partial charge in [-0.15, -0.1) is 0 Å². The highest BCUT2D eigenvalue weighted by molar-refractivity contribution is 7.85. The van der Waals surface area contributed by atoms with Gasteiger partial charge >= 0.3 is 0 Å². The van der Waals surface area contributed by atoms with E-state index in [9.17, 15) is 23.1 Å². The van der Waals surface area contributed by atoms with E-state index in [2.05, 4.69) is 0 Å². The van der Waals surface area contributed by atoms with Gasteiger partial charge in [0.15, 0.2) is 17.6 Å². The van der Waals surface area contributed by atoms with Crippen molar-refractivity contribution in [1.29, 1.82) is 0 Å². The van der Waals surface area contributed by atoms with Crippen molar-refractivity contribution in [1.82, 2.24) is 0 Å². The maximum absolute atomic E-state index is 11.5. The van der Waals surface area contributed by atoms with Crippen LogP contribution in [0.5, 0.6) is 11.5 Å². The lowest BCUT2D eigenvalue weighted by molar-refractivity contribution is -0.385. The molecule has 0 saturated carbocycles. The fourth-order valence-electron chi connectivity index (χ4n) is 2.94. The van der Waals surface area contributed by atoms with E-state index in [1.807, 2.05) is 0 Å². The molecule has 2 aromatic rings. The maximum Gasteiger partial charge on any atom is 0.294 e. The third kappa shape index (κ3) is 3.15. The minimum atomic E-state index is -4.38. The van der Waals surface area contributed by atoms with Gasteiger partial charge < -0.3 is 9.47 Å². The monoisotopic (exact) mass is 365 g/mol. The Hall–Kier alpha value is -2.65. The van der Waals surface area contributed by atoms with Crippen molar-refractivity contribution in [3.05, 3.63) is 57.1 Å². The lowest BCUT2D eigenvalue weighted by Crippen LogP contribution is -2.24. The second-order valence-electron chi connectivity index (χ2n) is 5.70. The minimum absolute atomic E-state index is 0.113. The number of rotatable bonds is 3. The van der Waals surface area contributed by atoms with Crippen LogP contribution in [0.3, 0.4) is 0 Å². The Morgan fingerprint density at radius 2 is 1.92 bits per heavy atom. The fraction of sp³-hybridized carbons (Fsp3) is 0.250. The van der Waals surface area contributed by atoms with Gasteiger partial charge in [-0.1, -0.05) is 6.07 Å². The molecule has 9 heteroatoms. The van der Waals surface area contributed by atoms with Crippen LogP contribution < -0.4 is 9.47 Å². The summed E-state index contributed by atoms with van der Waals surface area (Å²) >= 11 is 0. The Morgan fingerprint density at radius 1 is 1.20 bits per heavy atom. The number of nitro groups is 1. The molecule has 0 aromatic heterocycles. The first-order valence-corrected chi connectivity index (χ1v) is 8.78. The van der Waals surface area contributed by atoms with Gasteiger partial charge in [0.2, 0.25) is 0 Å². The van der Waals surface area contributed by atoms with E-state index < -0.39 is 21.1 Å². The molecule has 1 N–H and O–H groups in total. The average Bonchev–Trinajstić information content (AvgIpc) is 2.52. The van der Waals surface area contributed by atoms with Crippen LogP contribution in [0, 0.1) is 24.0 Å². The fourth-order valence-corrected chi connectivity index (χ4v) is 3.67. The van der Waals surface area contributed by atoms with Crippen molar-refractivity contribution < 1.29 is 27.4 Å². The Morgan fingerprint density at radius 3 is 2.56 bits per heavy atom. The van der Waals surface area contributed by atoms with Crippen LogP contribution in [0.4, 0.5) is 5.69 Å². The summed E-state index contributed by atoms with van der Waals surface area (Å²) in [6.45, 7) is 3.46. The van der Waals surface area contributed by atoms with E-state index in [1.165, 1.54) is 24.3 Å². The maximum atomic E-state index is 11.5. The number of fused-ring (bicyclic) bond motifs is 1. The zero-order valence-electron chi connectivity index (χ0n) is 13.4. The third-order valence-corrected chi connectivity index (χ3v) is 5.08. The number of ether oxygens (including phenoxy) is 2. The first kappa shape index (κ1) is 17.2. The first-order valence-electron chi connectivity index (χ1n) is 7.34. The van der Waals surface area contributed by atoms with Crippen molar-refractivity contribution in [3.8, 4) is 11.5 Å². The van der Waals surface area contributed by atoms with Crippen molar-refractivity contribution >= 4 is 15.8 Å². The number of aryl methyl sites for hydroxylation is 1. The number of nitro benzene ring substituents is 1. The highest BCUT2D eigenvalue weighted by atomic mass is 32.2. The van der Waals surface area contributed by atoms with Crippen LogP contribution in [0.25, 0.3) is 0 Å². The zero-order chi connectivity index (χ0) is 18.4. The van der Waals surface area contributed by atoms with E-state index >= 15 is 0 Å². The number of hydrogen-bond acceptors (Lipinski definition) is 6. The van der Waals surface area contributed by atoms with E-state index in [0.717, 1.165) is 5.56 Å². The lowest BCUT2D eigenvalue weighted by atomic mass is 9.97. The Balaban J connectivity index is 2.05. The Bertz CT molecular complexity index is 969. The van der Waals surface area contributed by atoms with Crippen LogP contribution in [0.2, 0.25) is 0 Å². The summed E-state index contributed by atoms with van der Waals surface area (Å²) in [6.07, 6.45) is -0.656. The van der Waals surface area contributed by atoms with Crippen molar-refractivity contribution in [2.75, 3.05) is 6.61 Å². The number of nitrogens with zero attached hydrogens (tertiary/aromatic N) is 1. The average molecular weight is 365 g/mol. The lowest BCUT2D eigenvalue weighted by Gasteiger charge is -2.29. The molecule has 1 aliphatic heterocycles. The topological polar surface area (TPSA) is 116 Å². The number of non-ortho nitro benzene ring substituents is 1. The molecule has 1 heterocycles. The summed E-state index contributed by atoms with van der Waals surface area (Å²) in [6, 6.07) is 6.93. The first-order chi connectivity index (χ1) is 11.7. The summed E-state index contributed by atoms with van der Waals surface area (Å²) in [7, 11) is -4.38. The molecule has 0 radical (unpaired) electrons. The smallest absolute Gasteiger partial charge is 0.294 e. The van der Waals surface area contributed by atoms with Gasteiger partial charge in [-0.2, -0.15) is 8.42 Å². The van der Waals surface area contributed by atoms with E-state index in [1.54, 1.807) is 19.9 Å². The number of hydrogen-bond donors (Lipinski definition) is 1. The van der Waals surface area contributed by atoms with Crippen molar-refractivity contribution in [2.24, 2.45) is 0 Å². The predicted octanol–water partition coefficient (Wildman–Crippen LogP) is 2.97. The molecule has 2 aromatic carbocycles. The molecular formula is C16H15NO7S. The van der Waals surface area contributed by atoms with E-state index in [-0.39, 0.29) is 22.9 Å². The molecule has 0 fully saturated rings. The molecule has 25 heavy (non-hydrogen) atoms. The van der Waals surface area contributed by atoms with Gasteiger partial charge in [-0.25, -0.2) is 0 Å². The van der Waals surface area contributed by atoms with E-state index in [4.69, 9.17) is 9.47 Å². The minimum Gasteiger partial charge on any atom is -0.485 e. The Labute approximate surface area is 143 Å². The normalized spacial score (nSPS) is 16.5.